The quantitative estimate of drug-likeness (QED) is 0.690. The van der Waals surface area contributed by atoms with E-state index in [-0.39, 0.29) is 5.91 Å². The summed E-state index contributed by atoms with van der Waals surface area (Å²) in [7, 11) is 4.19. The number of nitrogens with zero attached hydrogens (tertiary/aromatic N) is 3. The number of piperazine rings is 1. The van der Waals surface area contributed by atoms with Gasteiger partial charge in [-0.2, -0.15) is 0 Å². The van der Waals surface area contributed by atoms with E-state index in [1.165, 1.54) is 0 Å². The van der Waals surface area contributed by atoms with Crippen molar-refractivity contribution in [2.24, 2.45) is 0 Å². The SMILES string of the molecule is CN(C)CCN1CCN(C(=O)CCBr)CC1. The van der Waals surface area contributed by atoms with Crippen molar-refractivity contribution in [2.45, 2.75) is 6.42 Å². The zero-order valence-corrected chi connectivity index (χ0v) is 11.9. The van der Waals surface area contributed by atoms with Gasteiger partial charge in [-0.05, 0) is 14.1 Å². The summed E-state index contributed by atoms with van der Waals surface area (Å²) in [5.74, 6) is 0.282. The molecular weight excluding hydrogens is 270 g/mol. The zero-order valence-electron chi connectivity index (χ0n) is 10.3. The van der Waals surface area contributed by atoms with Gasteiger partial charge in [-0.25, -0.2) is 0 Å². The molecule has 16 heavy (non-hydrogen) atoms. The van der Waals surface area contributed by atoms with Crippen molar-refractivity contribution in [1.82, 2.24) is 14.7 Å². The second-order valence-corrected chi connectivity index (χ2v) is 5.26. The third kappa shape index (κ3) is 4.80. The molecule has 0 aliphatic carbocycles. The molecule has 4 nitrogen and oxygen atoms in total. The zero-order chi connectivity index (χ0) is 12.0. The Balaban J connectivity index is 2.20. The first-order valence-corrected chi connectivity index (χ1v) is 6.96. The highest BCUT2D eigenvalue weighted by Gasteiger charge is 2.19. The third-order valence-electron chi connectivity index (χ3n) is 2.90. The molecule has 0 N–H and O–H groups in total. The van der Waals surface area contributed by atoms with Gasteiger partial charge in [0.15, 0.2) is 0 Å². The molecule has 5 heteroatoms. The van der Waals surface area contributed by atoms with Crippen LogP contribution in [0.3, 0.4) is 0 Å². The molecule has 0 spiro atoms. The molecule has 0 aromatic carbocycles. The van der Waals surface area contributed by atoms with Crippen molar-refractivity contribution in [3.8, 4) is 0 Å². The molecule has 0 aromatic heterocycles. The van der Waals surface area contributed by atoms with Gasteiger partial charge in [0, 0.05) is 51.0 Å². The Morgan fingerprint density at radius 3 is 2.38 bits per heavy atom. The highest BCUT2D eigenvalue weighted by atomic mass is 79.9. The number of amides is 1. The average molecular weight is 292 g/mol. The third-order valence-corrected chi connectivity index (χ3v) is 3.29. The fourth-order valence-electron chi connectivity index (χ4n) is 1.80. The molecule has 1 rings (SSSR count). The standard InChI is InChI=1S/C11H22BrN3O/c1-13(2)5-6-14-7-9-15(10-8-14)11(16)3-4-12/h3-10H2,1-2H3. The molecule has 0 bridgehead atoms. The number of carbonyl (C=O) groups excluding carboxylic acids is 1. The van der Waals surface area contributed by atoms with Gasteiger partial charge in [0.1, 0.15) is 0 Å². The predicted molar refractivity (Wildman–Crippen MR) is 70.0 cm³/mol. The van der Waals surface area contributed by atoms with Crippen molar-refractivity contribution in [3.63, 3.8) is 0 Å². The van der Waals surface area contributed by atoms with E-state index in [9.17, 15) is 4.79 Å². The lowest BCUT2D eigenvalue weighted by atomic mass is 10.3. The summed E-state index contributed by atoms with van der Waals surface area (Å²) >= 11 is 3.31. The number of carbonyl (C=O) groups is 1. The Morgan fingerprint density at radius 1 is 1.25 bits per heavy atom. The van der Waals surface area contributed by atoms with Crippen LogP contribution in [0.15, 0.2) is 0 Å². The molecule has 0 saturated carbocycles. The monoisotopic (exact) mass is 291 g/mol. The first-order valence-electron chi connectivity index (χ1n) is 5.84. The summed E-state index contributed by atoms with van der Waals surface area (Å²) in [6, 6.07) is 0. The van der Waals surface area contributed by atoms with Crippen LogP contribution >= 0.6 is 15.9 Å². The minimum absolute atomic E-state index is 0.282. The van der Waals surface area contributed by atoms with E-state index in [0.29, 0.717) is 6.42 Å². The molecule has 1 saturated heterocycles. The Bertz CT molecular complexity index is 215. The lowest BCUT2D eigenvalue weighted by molar-refractivity contribution is -0.132. The number of rotatable bonds is 5. The largest absolute Gasteiger partial charge is 0.340 e. The summed E-state index contributed by atoms with van der Waals surface area (Å²) in [6.07, 6.45) is 0.623. The maximum atomic E-state index is 11.6. The second-order valence-electron chi connectivity index (χ2n) is 4.46. The summed E-state index contributed by atoms with van der Waals surface area (Å²) in [5.41, 5.74) is 0. The average Bonchev–Trinajstić information content (AvgIpc) is 2.27. The fourth-order valence-corrected chi connectivity index (χ4v) is 2.14. The number of alkyl halides is 1. The topological polar surface area (TPSA) is 26.8 Å². The van der Waals surface area contributed by atoms with Gasteiger partial charge >= 0.3 is 0 Å². The Morgan fingerprint density at radius 2 is 1.88 bits per heavy atom. The summed E-state index contributed by atoms with van der Waals surface area (Å²) < 4.78 is 0. The molecule has 0 atom stereocenters. The highest BCUT2D eigenvalue weighted by Crippen LogP contribution is 2.04. The first kappa shape index (κ1) is 13.9. The van der Waals surface area contributed by atoms with E-state index in [0.717, 1.165) is 44.6 Å². The van der Waals surface area contributed by atoms with E-state index >= 15 is 0 Å². The van der Waals surface area contributed by atoms with Gasteiger partial charge in [-0.15, -0.1) is 0 Å². The molecule has 1 heterocycles. The van der Waals surface area contributed by atoms with E-state index in [1.54, 1.807) is 0 Å². The van der Waals surface area contributed by atoms with Gasteiger partial charge < -0.3 is 9.80 Å². The van der Waals surface area contributed by atoms with Crippen LogP contribution in [0.25, 0.3) is 0 Å². The number of halogens is 1. The fraction of sp³-hybridized carbons (Fsp3) is 0.909. The minimum atomic E-state index is 0.282. The van der Waals surface area contributed by atoms with Crippen LogP contribution in [0.5, 0.6) is 0 Å². The molecule has 1 aliphatic rings. The van der Waals surface area contributed by atoms with Gasteiger partial charge in [-0.3, -0.25) is 9.69 Å². The van der Waals surface area contributed by atoms with Crippen LogP contribution in [-0.2, 0) is 4.79 Å². The van der Waals surface area contributed by atoms with E-state index in [1.807, 2.05) is 4.90 Å². The van der Waals surface area contributed by atoms with Crippen LogP contribution in [0.2, 0.25) is 0 Å². The Hall–Kier alpha value is -0.130. The van der Waals surface area contributed by atoms with Gasteiger partial charge in [0.25, 0.3) is 0 Å². The van der Waals surface area contributed by atoms with Crippen LogP contribution in [0.1, 0.15) is 6.42 Å². The molecule has 1 fully saturated rings. The van der Waals surface area contributed by atoms with Crippen molar-refractivity contribution in [1.29, 1.82) is 0 Å². The Labute approximate surface area is 107 Å². The van der Waals surface area contributed by atoms with E-state index in [2.05, 4.69) is 39.8 Å². The maximum Gasteiger partial charge on any atom is 0.223 e. The van der Waals surface area contributed by atoms with Crippen LogP contribution in [0, 0.1) is 0 Å². The number of hydrogen-bond donors (Lipinski definition) is 0. The van der Waals surface area contributed by atoms with Crippen LogP contribution < -0.4 is 0 Å². The normalized spacial score (nSPS) is 18.1. The second kappa shape index (κ2) is 7.25. The van der Waals surface area contributed by atoms with E-state index in [4.69, 9.17) is 0 Å². The number of hydrogen-bond acceptors (Lipinski definition) is 3. The molecule has 0 radical (unpaired) electrons. The lowest BCUT2D eigenvalue weighted by Crippen LogP contribution is -2.50. The molecule has 0 aromatic rings. The highest BCUT2D eigenvalue weighted by molar-refractivity contribution is 9.09. The maximum absolute atomic E-state index is 11.6. The summed E-state index contributed by atoms with van der Waals surface area (Å²) in [4.78, 5) is 18.2. The summed E-state index contributed by atoms with van der Waals surface area (Å²) in [5, 5.41) is 0.771. The molecule has 1 amide bonds. The molecule has 1 aliphatic heterocycles. The van der Waals surface area contributed by atoms with Crippen LogP contribution in [-0.4, -0.2) is 79.3 Å². The van der Waals surface area contributed by atoms with Crippen molar-refractivity contribution in [2.75, 3.05) is 58.7 Å². The molecule has 0 unspecified atom stereocenters. The van der Waals surface area contributed by atoms with Gasteiger partial charge in [-0.1, -0.05) is 15.9 Å². The lowest BCUT2D eigenvalue weighted by Gasteiger charge is -2.35. The van der Waals surface area contributed by atoms with Crippen molar-refractivity contribution < 1.29 is 4.79 Å². The van der Waals surface area contributed by atoms with Gasteiger partial charge in [0.05, 0.1) is 0 Å². The Kier molecular flexibility index (Phi) is 6.31. The number of likely N-dealkylation sites (N-methyl/N-ethyl adjacent to an activating group) is 1. The van der Waals surface area contributed by atoms with Gasteiger partial charge in [0.2, 0.25) is 5.91 Å². The molecular formula is C11H22BrN3O. The van der Waals surface area contributed by atoms with Crippen LogP contribution in [0.4, 0.5) is 0 Å². The van der Waals surface area contributed by atoms with Crippen molar-refractivity contribution >= 4 is 21.8 Å². The first-order chi connectivity index (χ1) is 7.63. The molecule has 94 valence electrons. The van der Waals surface area contributed by atoms with E-state index < -0.39 is 0 Å². The predicted octanol–water partition coefficient (Wildman–Crippen LogP) is 0.477. The smallest absolute Gasteiger partial charge is 0.223 e. The summed E-state index contributed by atoms with van der Waals surface area (Å²) in [6.45, 7) is 6.01. The van der Waals surface area contributed by atoms with Crippen molar-refractivity contribution in [3.05, 3.63) is 0 Å². The minimum Gasteiger partial charge on any atom is -0.340 e.